The highest BCUT2D eigenvalue weighted by molar-refractivity contribution is 14.0. The van der Waals surface area contributed by atoms with Gasteiger partial charge in [0.1, 0.15) is 0 Å². The normalized spacial score (nSPS) is 13.0. The topological polar surface area (TPSA) is 57.5 Å². The lowest BCUT2D eigenvalue weighted by Crippen LogP contribution is -2.36. The molecular formula is C25H33IN6. The van der Waals surface area contributed by atoms with E-state index >= 15 is 0 Å². The molecular weight excluding hydrogens is 511 g/mol. The monoisotopic (exact) mass is 544 g/mol. The summed E-state index contributed by atoms with van der Waals surface area (Å²) in [6.07, 6.45) is 1.14. The van der Waals surface area contributed by atoms with Gasteiger partial charge in [-0.25, -0.2) is 0 Å². The Morgan fingerprint density at radius 3 is 2.38 bits per heavy atom. The molecule has 0 bridgehead atoms. The van der Waals surface area contributed by atoms with Crippen molar-refractivity contribution in [1.29, 1.82) is 0 Å². The van der Waals surface area contributed by atoms with Crippen LogP contribution in [0.5, 0.6) is 0 Å². The molecule has 2 aromatic carbocycles. The Hall–Kier alpha value is -2.55. The summed E-state index contributed by atoms with van der Waals surface area (Å²) in [4.78, 5) is 6.82. The number of fused-ring (bicyclic) bond motifs is 1. The van der Waals surface area contributed by atoms with Crippen molar-refractivity contribution >= 4 is 35.6 Å². The highest BCUT2D eigenvalue weighted by Gasteiger charge is 2.18. The van der Waals surface area contributed by atoms with Crippen LogP contribution in [0.1, 0.15) is 33.6 Å². The van der Waals surface area contributed by atoms with Crippen LogP contribution in [0.4, 0.5) is 5.69 Å². The van der Waals surface area contributed by atoms with Gasteiger partial charge in [0.05, 0.1) is 5.69 Å². The molecule has 0 spiro atoms. The molecule has 1 aromatic heterocycles. The van der Waals surface area contributed by atoms with Gasteiger partial charge in [0.25, 0.3) is 0 Å². The van der Waals surface area contributed by atoms with Gasteiger partial charge in [0.2, 0.25) is 0 Å². The third-order valence-electron chi connectivity index (χ3n) is 6.15. The van der Waals surface area contributed by atoms with Crippen molar-refractivity contribution in [3.05, 3.63) is 82.2 Å². The lowest BCUT2D eigenvalue weighted by Gasteiger charge is -2.19. The van der Waals surface area contributed by atoms with Gasteiger partial charge in [0, 0.05) is 57.2 Å². The first kappa shape index (κ1) is 24.1. The fraction of sp³-hybridized carbons (Fsp3) is 0.360. The molecule has 0 saturated carbocycles. The van der Waals surface area contributed by atoms with Gasteiger partial charge in [-0.1, -0.05) is 42.5 Å². The number of para-hydroxylation sites is 1. The maximum atomic E-state index is 4.48. The van der Waals surface area contributed by atoms with E-state index < -0.39 is 0 Å². The number of halogens is 1. The zero-order valence-corrected chi connectivity index (χ0v) is 21.7. The predicted molar refractivity (Wildman–Crippen MR) is 143 cm³/mol. The van der Waals surface area contributed by atoms with E-state index in [9.17, 15) is 0 Å². The van der Waals surface area contributed by atoms with Crippen molar-refractivity contribution in [2.24, 2.45) is 12.0 Å². The molecule has 1 aliphatic rings. The standard InChI is InChI=1S/C25H32N6.HI/c1-18-23(19(2)30(4)29-18)16-28-25(26-3)27-15-20-9-11-21(12-10-20)17-31-14-13-22-7-5-6-8-24(22)31;/h5-12H,13-17H2,1-4H3,(H2,26,27,28);1H. The quantitative estimate of drug-likeness (QED) is 0.279. The van der Waals surface area contributed by atoms with Crippen LogP contribution in [0, 0.1) is 13.8 Å². The summed E-state index contributed by atoms with van der Waals surface area (Å²) in [5.41, 5.74) is 8.86. The third kappa shape index (κ3) is 5.43. The Bertz CT molecular complexity index is 1070. The Morgan fingerprint density at radius 2 is 1.69 bits per heavy atom. The molecule has 7 heteroatoms. The van der Waals surface area contributed by atoms with E-state index in [2.05, 4.69) is 81.1 Å². The van der Waals surface area contributed by atoms with Gasteiger partial charge in [-0.3, -0.25) is 9.67 Å². The Morgan fingerprint density at radius 1 is 1.00 bits per heavy atom. The predicted octanol–water partition coefficient (Wildman–Crippen LogP) is 4.08. The van der Waals surface area contributed by atoms with E-state index in [4.69, 9.17) is 0 Å². The Kier molecular flexibility index (Phi) is 8.17. The number of hydrogen-bond acceptors (Lipinski definition) is 3. The highest BCUT2D eigenvalue weighted by Crippen LogP contribution is 2.28. The minimum absolute atomic E-state index is 0. The molecule has 4 rings (SSSR count). The van der Waals surface area contributed by atoms with E-state index in [1.807, 2.05) is 18.7 Å². The molecule has 6 nitrogen and oxygen atoms in total. The summed E-state index contributed by atoms with van der Waals surface area (Å²) < 4.78 is 1.92. The highest BCUT2D eigenvalue weighted by atomic mass is 127. The number of hydrogen-bond donors (Lipinski definition) is 2. The van der Waals surface area contributed by atoms with E-state index in [-0.39, 0.29) is 24.0 Å². The number of aryl methyl sites for hydroxylation is 2. The number of aliphatic imine (C=N–C) groups is 1. The van der Waals surface area contributed by atoms with E-state index in [1.54, 1.807) is 7.05 Å². The minimum atomic E-state index is 0. The van der Waals surface area contributed by atoms with Gasteiger partial charge in [-0.05, 0) is 43.0 Å². The molecule has 0 fully saturated rings. The van der Waals surface area contributed by atoms with Crippen LogP contribution < -0.4 is 15.5 Å². The molecule has 32 heavy (non-hydrogen) atoms. The molecule has 0 unspecified atom stereocenters. The lowest BCUT2D eigenvalue weighted by molar-refractivity contribution is 0.728. The maximum absolute atomic E-state index is 4.48. The number of anilines is 1. The van der Waals surface area contributed by atoms with Crippen LogP contribution in [0.3, 0.4) is 0 Å². The first-order valence-electron chi connectivity index (χ1n) is 10.9. The molecule has 0 radical (unpaired) electrons. The molecule has 170 valence electrons. The number of nitrogens with zero attached hydrogens (tertiary/aromatic N) is 4. The summed E-state index contributed by atoms with van der Waals surface area (Å²) in [7, 11) is 3.78. The zero-order valence-electron chi connectivity index (χ0n) is 19.4. The smallest absolute Gasteiger partial charge is 0.191 e. The van der Waals surface area contributed by atoms with E-state index in [1.165, 1.54) is 33.6 Å². The summed E-state index contributed by atoms with van der Waals surface area (Å²) in [6, 6.07) is 17.6. The fourth-order valence-electron chi connectivity index (χ4n) is 4.21. The van der Waals surface area contributed by atoms with Gasteiger partial charge in [-0.2, -0.15) is 5.10 Å². The summed E-state index contributed by atoms with van der Waals surface area (Å²) in [5, 5.41) is 11.3. The van der Waals surface area contributed by atoms with E-state index in [0.717, 1.165) is 37.7 Å². The number of guanidine groups is 1. The van der Waals surface area contributed by atoms with Crippen molar-refractivity contribution in [3.63, 3.8) is 0 Å². The maximum Gasteiger partial charge on any atom is 0.191 e. The Balaban J connectivity index is 0.00000289. The molecule has 0 amide bonds. The largest absolute Gasteiger partial charge is 0.367 e. The number of nitrogens with one attached hydrogen (secondary N) is 2. The molecule has 1 aliphatic heterocycles. The van der Waals surface area contributed by atoms with Crippen molar-refractivity contribution in [2.75, 3.05) is 18.5 Å². The first-order chi connectivity index (χ1) is 15.0. The Labute approximate surface area is 208 Å². The molecule has 0 atom stereocenters. The van der Waals surface area contributed by atoms with Crippen molar-refractivity contribution in [1.82, 2.24) is 20.4 Å². The molecule has 2 heterocycles. The second-order valence-electron chi connectivity index (χ2n) is 8.17. The van der Waals surface area contributed by atoms with Gasteiger partial charge in [0.15, 0.2) is 5.96 Å². The lowest BCUT2D eigenvalue weighted by atomic mass is 10.1. The first-order valence-corrected chi connectivity index (χ1v) is 10.9. The van der Waals surface area contributed by atoms with Crippen LogP contribution >= 0.6 is 24.0 Å². The van der Waals surface area contributed by atoms with Crippen LogP contribution in [0.25, 0.3) is 0 Å². The average Bonchev–Trinajstić information content (AvgIpc) is 3.29. The van der Waals surface area contributed by atoms with Crippen molar-refractivity contribution in [2.45, 2.75) is 39.9 Å². The SMILES string of the molecule is CN=C(NCc1ccc(CN2CCc3ccccc32)cc1)NCc1c(C)nn(C)c1C.I. The van der Waals surface area contributed by atoms with Crippen molar-refractivity contribution in [3.8, 4) is 0 Å². The summed E-state index contributed by atoms with van der Waals surface area (Å²) in [5.74, 6) is 0.792. The van der Waals surface area contributed by atoms with Gasteiger partial charge < -0.3 is 15.5 Å². The fourth-order valence-corrected chi connectivity index (χ4v) is 4.21. The molecule has 3 aromatic rings. The summed E-state index contributed by atoms with van der Waals surface area (Å²) >= 11 is 0. The number of benzene rings is 2. The van der Waals surface area contributed by atoms with Crippen LogP contribution in [-0.4, -0.2) is 29.3 Å². The zero-order chi connectivity index (χ0) is 21.8. The van der Waals surface area contributed by atoms with Crippen LogP contribution in [0.15, 0.2) is 53.5 Å². The molecule has 0 aliphatic carbocycles. The third-order valence-corrected chi connectivity index (χ3v) is 6.15. The molecule has 2 N–H and O–H groups in total. The molecule has 0 saturated heterocycles. The summed E-state index contributed by atoms with van der Waals surface area (Å²) in [6.45, 7) is 7.63. The number of aromatic nitrogens is 2. The number of rotatable bonds is 6. The van der Waals surface area contributed by atoms with E-state index in [0.29, 0.717) is 6.54 Å². The van der Waals surface area contributed by atoms with Crippen LogP contribution in [-0.2, 0) is 33.1 Å². The second-order valence-corrected chi connectivity index (χ2v) is 8.17. The minimum Gasteiger partial charge on any atom is -0.367 e. The second kappa shape index (κ2) is 10.8. The average molecular weight is 544 g/mol. The van der Waals surface area contributed by atoms with Gasteiger partial charge in [-0.15, -0.1) is 24.0 Å². The van der Waals surface area contributed by atoms with Crippen LogP contribution in [0.2, 0.25) is 0 Å². The van der Waals surface area contributed by atoms with Crippen molar-refractivity contribution < 1.29 is 0 Å². The van der Waals surface area contributed by atoms with Gasteiger partial charge >= 0.3 is 0 Å².